The summed E-state index contributed by atoms with van der Waals surface area (Å²) in [5.41, 5.74) is 1.52. The van der Waals surface area contributed by atoms with Crippen molar-refractivity contribution < 1.29 is 40.2 Å². The van der Waals surface area contributed by atoms with Gasteiger partial charge >= 0.3 is 0 Å². The van der Waals surface area contributed by atoms with Crippen LogP contribution in [0, 0.1) is 19.7 Å². The van der Waals surface area contributed by atoms with Crippen molar-refractivity contribution >= 4 is 70.1 Å². The number of hydrogen-bond donors (Lipinski definition) is 3. The van der Waals surface area contributed by atoms with Crippen molar-refractivity contribution in [2.45, 2.75) is 65.0 Å². The highest BCUT2D eigenvalue weighted by atomic mass is 32.2. The number of aryl methyl sites for hydroxylation is 2. The van der Waals surface area contributed by atoms with E-state index in [0.29, 0.717) is 61.4 Å². The highest BCUT2D eigenvalue weighted by molar-refractivity contribution is 7.94. The molecule has 2 aromatic carbocycles. The number of thiazole rings is 2. The van der Waals surface area contributed by atoms with Gasteiger partial charge in [0.05, 0.1) is 48.6 Å². The lowest BCUT2D eigenvalue weighted by atomic mass is 10.2. The number of aromatic nitrogens is 6. The molecule has 0 atom stereocenters. The second kappa shape index (κ2) is 22.0. The highest BCUT2D eigenvalue weighted by Crippen LogP contribution is 2.33. The third kappa shape index (κ3) is 12.9. The Hall–Kier alpha value is -5.23. The van der Waals surface area contributed by atoms with E-state index in [1.807, 2.05) is 13.0 Å². The molecule has 0 aliphatic heterocycles. The number of nitrogens with zero attached hydrogens (tertiary/aromatic N) is 6. The monoisotopic (exact) mass is 915 g/mol. The molecule has 17 nitrogen and oxygen atoms in total. The molecule has 0 unspecified atom stereocenters. The Kier molecular flexibility index (Phi) is 16.9. The molecule has 0 aliphatic carbocycles. The lowest BCUT2D eigenvalue weighted by molar-refractivity contribution is 0.184. The number of sulfone groups is 2. The van der Waals surface area contributed by atoms with Gasteiger partial charge in [-0.1, -0.05) is 60.3 Å². The van der Waals surface area contributed by atoms with Crippen LogP contribution in [0.3, 0.4) is 0 Å². The van der Waals surface area contributed by atoms with E-state index in [1.165, 1.54) is 25.6 Å². The van der Waals surface area contributed by atoms with E-state index in [9.17, 15) is 21.2 Å². The van der Waals surface area contributed by atoms with Crippen LogP contribution in [0.5, 0.6) is 5.88 Å². The van der Waals surface area contributed by atoms with Crippen LogP contribution in [0.2, 0.25) is 0 Å². The zero-order valence-corrected chi connectivity index (χ0v) is 37.5. The first-order valence-corrected chi connectivity index (χ1v) is 23.2. The summed E-state index contributed by atoms with van der Waals surface area (Å²) in [5.74, 6) is 1.01. The number of halogens is 1. The average molecular weight is 916 g/mol. The van der Waals surface area contributed by atoms with Gasteiger partial charge in [-0.2, -0.15) is 9.37 Å². The number of nitrogens with one attached hydrogen (secondary N) is 3. The molecule has 0 bridgehead atoms. The lowest BCUT2D eigenvalue weighted by Crippen LogP contribution is -2.10. The highest BCUT2D eigenvalue weighted by Gasteiger charge is 2.24. The van der Waals surface area contributed by atoms with Gasteiger partial charge in [-0.3, -0.25) is 0 Å². The summed E-state index contributed by atoms with van der Waals surface area (Å²) in [6.07, 6.45) is 4.25. The van der Waals surface area contributed by atoms with Crippen molar-refractivity contribution in [3.05, 3.63) is 95.6 Å². The van der Waals surface area contributed by atoms with E-state index in [4.69, 9.17) is 18.9 Å². The standard InChI is InChI=1S/C20H23FN4O4S2.C19H23N5O4S2/c1-4-5-9-29-19-17(21)18(23-13(2)24-19)25-20-22-11-16(30-20)31(26,27)15-8-6-7-14(10-15)12-28-3;1-13-22-16(20-7-8-27-2)10-17(23-13)24-19-21-11-18(29-19)30(25,26)15-6-4-5-14(9-15)12-28-3/h6-8,10-11H,4-5,9,12H2,1-3H3,(H,22,23,24,25);4-6,9-11H,7-8,12H2,1-3H3,(H2,20,21,22,23,24). The van der Waals surface area contributed by atoms with Crippen LogP contribution in [0.25, 0.3) is 0 Å². The van der Waals surface area contributed by atoms with Crippen molar-refractivity contribution in [1.82, 2.24) is 29.9 Å². The van der Waals surface area contributed by atoms with Gasteiger partial charge in [0.15, 0.2) is 16.1 Å². The predicted octanol–water partition coefficient (Wildman–Crippen LogP) is 7.30. The van der Waals surface area contributed by atoms with Gasteiger partial charge in [0, 0.05) is 33.9 Å². The predicted molar refractivity (Wildman–Crippen MR) is 230 cm³/mol. The van der Waals surface area contributed by atoms with Crippen molar-refractivity contribution in [3.63, 3.8) is 0 Å². The van der Waals surface area contributed by atoms with Crippen LogP contribution in [-0.4, -0.2) is 87.8 Å². The zero-order valence-electron chi connectivity index (χ0n) is 34.3. The Morgan fingerprint density at radius 1 is 0.689 bits per heavy atom. The summed E-state index contributed by atoms with van der Waals surface area (Å²) in [6, 6.07) is 14.9. The molecule has 0 fully saturated rings. The molecule has 0 saturated carbocycles. The molecule has 0 aliphatic rings. The van der Waals surface area contributed by atoms with E-state index in [2.05, 4.69) is 45.9 Å². The fourth-order valence-electron chi connectivity index (χ4n) is 5.29. The molecule has 6 rings (SSSR count). The first-order chi connectivity index (χ1) is 29.3. The molecule has 61 heavy (non-hydrogen) atoms. The molecule has 4 aromatic heterocycles. The largest absolute Gasteiger partial charge is 0.475 e. The van der Waals surface area contributed by atoms with Gasteiger partial charge in [-0.05, 0) is 55.7 Å². The summed E-state index contributed by atoms with van der Waals surface area (Å²) in [4.78, 5) is 25.3. The summed E-state index contributed by atoms with van der Waals surface area (Å²) < 4.78 is 87.3. The maximum absolute atomic E-state index is 14.7. The van der Waals surface area contributed by atoms with Gasteiger partial charge in [0.2, 0.25) is 25.5 Å². The number of rotatable bonds is 20. The number of methoxy groups -OCH3 is 3. The molecular formula is C39H46FN9O8S4. The van der Waals surface area contributed by atoms with E-state index >= 15 is 0 Å². The Morgan fingerprint density at radius 3 is 1.80 bits per heavy atom. The van der Waals surface area contributed by atoms with E-state index in [-0.39, 0.29) is 35.0 Å². The van der Waals surface area contributed by atoms with Crippen molar-refractivity contribution in [1.29, 1.82) is 0 Å². The molecule has 326 valence electrons. The van der Waals surface area contributed by atoms with Crippen LogP contribution in [0.4, 0.5) is 32.1 Å². The molecule has 0 radical (unpaired) electrons. The van der Waals surface area contributed by atoms with Gasteiger partial charge in [-0.25, -0.2) is 41.8 Å². The third-order valence-corrected chi connectivity index (χ3v) is 14.4. The zero-order chi connectivity index (χ0) is 44.0. The van der Waals surface area contributed by atoms with E-state index in [0.717, 1.165) is 46.6 Å². The SMILES string of the molecule is CCCCOc1nc(C)nc(Nc2ncc(S(=O)(=O)c3cccc(COC)c3)s2)c1F.COCCNc1cc(Nc2ncc(S(=O)(=O)c3cccc(COC)c3)s2)nc(C)n1. The van der Waals surface area contributed by atoms with Crippen molar-refractivity contribution in [2.75, 3.05) is 57.0 Å². The fraction of sp³-hybridized carbons (Fsp3) is 0.333. The summed E-state index contributed by atoms with van der Waals surface area (Å²) in [7, 11) is -2.73. The Bertz CT molecular complexity index is 2610. The van der Waals surface area contributed by atoms with E-state index < -0.39 is 25.5 Å². The Labute approximate surface area is 362 Å². The second-order valence-corrected chi connectivity index (χ2v) is 19.3. The molecule has 0 saturated heterocycles. The molecule has 22 heteroatoms. The van der Waals surface area contributed by atoms with Crippen LogP contribution in [0.1, 0.15) is 42.5 Å². The smallest absolute Gasteiger partial charge is 0.256 e. The molecule has 4 heterocycles. The van der Waals surface area contributed by atoms with Crippen LogP contribution in [-0.2, 0) is 47.1 Å². The lowest BCUT2D eigenvalue weighted by Gasteiger charge is -2.10. The number of benzene rings is 2. The van der Waals surface area contributed by atoms with Crippen LogP contribution < -0.4 is 20.7 Å². The molecular weight excluding hydrogens is 870 g/mol. The second-order valence-electron chi connectivity index (χ2n) is 12.9. The molecule has 3 N–H and O–H groups in total. The van der Waals surface area contributed by atoms with Gasteiger partial charge in [-0.15, -0.1) is 0 Å². The number of anilines is 5. The molecule has 0 amide bonds. The van der Waals surface area contributed by atoms with Crippen LogP contribution >= 0.6 is 22.7 Å². The Balaban J connectivity index is 0.000000231. The first kappa shape index (κ1) is 46.8. The van der Waals surface area contributed by atoms with Gasteiger partial charge < -0.3 is 34.9 Å². The molecule has 6 aromatic rings. The minimum atomic E-state index is -3.78. The Morgan fingerprint density at radius 2 is 1.25 bits per heavy atom. The van der Waals surface area contributed by atoms with Gasteiger partial charge in [0.1, 0.15) is 31.7 Å². The van der Waals surface area contributed by atoms with Crippen LogP contribution in [0.15, 0.2) is 85.2 Å². The van der Waals surface area contributed by atoms with E-state index in [1.54, 1.807) is 70.5 Å². The summed E-state index contributed by atoms with van der Waals surface area (Å²) in [5, 5.41) is 9.53. The maximum atomic E-state index is 14.7. The van der Waals surface area contributed by atoms with Gasteiger partial charge in [0.25, 0.3) is 5.88 Å². The summed E-state index contributed by atoms with van der Waals surface area (Å²) in [6.45, 7) is 7.52. The topological polar surface area (TPSA) is 219 Å². The summed E-state index contributed by atoms with van der Waals surface area (Å²) >= 11 is 1.92. The first-order valence-electron chi connectivity index (χ1n) is 18.6. The number of ether oxygens (including phenoxy) is 4. The normalized spacial score (nSPS) is 11.5. The average Bonchev–Trinajstić information content (AvgIpc) is 3.91. The number of hydrogen-bond acceptors (Lipinski definition) is 19. The minimum Gasteiger partial charge on any atom is -0.475 e. The van der Waals surface area contributed by atoms with Crippen molar-refractivity contribution in [3.8, 4) is 5.88 Å². The minimum absolute atomic E-state index is 0.0233. The number of unbranched alkanes of at least 4 members (excludes halogenated alkanes) is 1. The molecule has 0 spiro atoms. The maximum Gasteiger partial charge on any atom is 0.256 e. The quantitative estimate of drug-likeness (QED) is 0.0640. The van der Waals surface area contributed by atoms with Crippen molar-refractivity contribution in [2.24, 2.45) is 0 Å². The third-order valence-electron chi connectivity index (χ3n) is 8.12. The fourth-order valence-corrected chi connectivity index (χ4v) is 10.3.